The molecule has 0 aliphatic heterocycles. The summed E-state index contributed by atoms with van der Waals surface area (Å²) in [5.41, 5.74) is 0.631. The minimum Gasteiger partial charge on any atom is -0.438 e. The molecule has 0 bridgehead atoms. The molecule has 0 unspecified atom stereocenters. The lowest BCUT2D eigenvalue weighted by atomic mass is 10.3. The molecule has 1 heterocycles. The first-order valence-electron chi connectivity index (χ1n) is 7.12. The number of para-hydroxylation sites is 1. The summed E-state index contributed by atoms with van der Waals surface area (Å²) in [6, 6.07) is 10.7. The number of carbonyl (C=O) groups excluding carboxylic acids is 1. The average molecular weight is 364 g/mol. The third kappa shape index (κ3) is 5.04. The Morgan fingerprint density at radius 2 is 2.14 bits per heavy atom. The van der Waals surface area contributed by atoms with Gasteiger partial charge in [-0.25, -0.2) is 9.78 Å². The largest absolute Gasteiger partial charge is 0.438 e. The Morgan fingerprint density at radius 1 is 1.32 bits per heavy atom. The van der Waals surface area contributed by atoms with E-state index in [1.807, 2.05) is 24.3 Å². The van der Waals surface area contributed by atoms with Crippen molar-refractivity contribution in [3.63, 3.8) is 0 Å². The number of aromatic nitrogens is 1. The fourth-order valence-electron chi connectivity index (χ4n) is 1.74. The van der Waals surface area contributed by atoms with Gasteiger partial charge in [-0.1, -0.05) is 25.5 Å². The molecule has 0 saturated carbocycles. The molecule has 2 aromatic rings. The first kappa shape index (κ1) is 16.3. The second-order valence-electron chi connectivity index (χ2n) is 4.65. The summed E-state index contributed by atoms with van der Waals surface area (Å²) in [4.78, 5) is 15.9. The number of halogens is 1. The molecular formula is C16H18BrN3O2. The van der Waals surface area contributed by atoms with E-state index in [4.69, 9.17) is 4.74 Å². The zero-order chi connectivity index (χ0) is 15.8. The molecule has 5 nitrogen and oxygen atoms in total. The number of urea groups is 1. The van der Waals surface area contributed by atoms with Crippen molar-refractivity contribution < 1.29 is 9.53 Å². The quantitative estimate of drug-likeness (QED) is 0.739. The maximum absolute atomic E-state index is 11.7. The topological polar surface area (TPSA) is 63.2 Å². The standard InChI is InChI=1S/C16H18BrN3O2/c1-2-3-9-19-16(21)20-12-8-10-18-15(11-12)22-14-7-5-4-6-13(14)17/h4-8,10-11H,2-3,9H2,1H3,(H2,18,19,20,21). The Morgan fingerprint density at radius 3 is 2.91 bits per heavy atom. The van der Waals surface area contributed by atoms with E-state index >= 15 is 0 Å². The van der Waals surface area contributed by atoms with Crippen LogP contribution >= 0.6 is 15.9 Å². The van der Waals surface area contributed by atoms with Crippen LogP contribution in [0.3, 0.4) is 0 Å². The van der Waals surface area contributed by atoms with Crippen LogP contribution in [0.25, 0.3) is 0 Å². The molecule has 6 heteroatoms. The zero-order valence-electron chi connectivity index (χ0n) is 12.3. The van der Waals surface area contributed by atoms with Gasteiger partial charge in [-0.15, -0.1) is 0 Å². The minimum absolute atomic E-state index is 0.230. The Bertz CT molecular complexity index is 634. The Hall–Kier alpha value is -2.08. The lowest BCUT2D eigenvalue weighted by Crippen LogP contribution is -2.29. The highest BCUT2D eigenvalue weighted by Gasteiger charge is 2.05. The summed E-state index contributed by atoms with van der Waals surface area (Å²) < 4.78 is 6.54. The summed E-state index contributed by atoms with van der Waals surface area (Å²) in [5.74, 6) is 1.08. The van der Waals surface area contributed by atoms with E-state index in [1.54, 1.807) is 18.3 Å². The van der Waals surface area contributed by atoms with Crippen molar-refractivity contribution in [3.8, 4) is 11.6 Å². The van der Waals surface area contributed by atoms with Gasteiger partial charge in [-0.05, 0) is 40.5 Å². The monoisotopic (exact) mass is 363 g/mol. The molecule has 116 valence electrons. The summed E-state index contributed by atoms with van der Waals surface area (Å²) in [7, 11) is 0. The van der Waals surface area contributed by atoms with Crippen molar-refractivity contribution in [3.05, 3.63) is 47.1 Å². The molecule has 0 saturated heterocycles. The lowest BCUT2D eigenvalue weighted by molar-refractivity contribution is 0.252. The van der Waals surface area contributed by atoms with E-state index in [1.165, 1.54) is 0 Å². The molecule has 2 amide bonds. The second-order valence-corrected chi connectivity index (χ2v) is 5.50. The number of hydrogen-bond donors (Lipinski definition) is 2. The molecule has 1 aromatic carbocycles. The number of benzene rings is 1. The van der Waals surface area contributed by atoms with Gasteiger partial charge >= 0.3 is 6.03 Å². The normalized spacial score (nSPS) is 10.1. The number of ether oxygens (including phenoxy) is 1. The molecule has 0 spiro atoms. The number of rotatable bonds is 6. The number of amides is 2. The predicted octanol–water partition coefficient (Wildman–Crippen LogP) is 4.56. The van der Waals surface area contributed by atoms with Gasteiger partial charge in [0.25, 0.3) is 0 Å². The Labute approximate surface area is 138 Å². The number of pyridine rings is 1. The van der Waals surface area contributed by atoms with Gasteiger partial charge in [0.15, 0.2) is 0 Å². The van der Waals surface area contributed by atoms with E-state index in [2.05, 4.69) is 38.5 Å². The van der Waals surface area contributed by atoms with Gasteiger partial charge in [0.1, 0.15) is 5.75 Å². The smallest absolute Gasteiger partial charge is 0.319 e. The van der Waals surface area contributed by atoms with Crippen LogP contribution in [0.5, 0.6) is 11.6 Å². The maximum Gasteiger partial charge on any atom is 0.319 e. The number of hydrogen-bond acceptors (Lipinski definition) is 3. The van der Waals surface area contributed by atoms with Crippen LogP contribution in [-0.2, 0) is 0 Å². The molecule has 2 N–H and O–H groups in total. The first-order chi connectivity index (χ1) is 10.7. The van der Waals surface area contributed by atoms with Gasteiger partial charge in [-0.2, -0.15) is 0 Å². The fraction of sp³-hybridized carbons (Fsp3) is 0.250. The van der Waals surface area contributed by atoms with Gasteiger partial charge in [0.2, 0.25) is 5.88 Å². The third-order valence-electron chi connectivity index (χ3n) is 2.86. The van der Waals surface area contributed by atoms with Crippen molar-refractivity contribution in [1.29, 1.82) is 0 Å². The van der Waals surface area contributed by atoms with Crippen LogP contribution in [0.15, 0.2) is 47.1 Å². The molecular weight excluding hydrogens is 346 g/mol. The maximum atomic E-state index is 11.7. The molecule has 1 aromatic heterocycles. The molecule has 0 fully saturated rings. The number of nitrogens with zero attached hydrogens (tertiary/aromatic N) is 1. The summed E-state index contributed by atoms with van der Waals surface area (Å²) in [6.45, 7) is 2.74. The zero-order valence-corrected chi connectivity index (χ0v) is 13.9. The molecule has 2 rings (SSSR count). The fourth-order valence-corrected chi connectivity index (χ4v) is 2.10. The highest BCUT2D eigenvalue weighted by molar-refractivity contribution is 9.10. The van der Waals surface area contributed by atoms with Gasteiger partial charge < -0.3 is 15.4 Å². The van der Waals surface area contributed by atoms with Crippen LogP contribution in [0.1, 0.15) is 19.8 Å². The highest BCUT2D eigenvalue weighted by Crippen LogP contribution is 2.28. The van der Waals surface area contributed by atoms with Crippen molar-refractivity contribution in [1.82, 2.24) is 10.3 Å². The van der Waals surface area contributed by atoms with Crippen LogP contribution < -0.4 is 15.4 Å². The van der Waals surface area contributed by atoms with Crippen LogP contribution in [0.4, 0.5) is 10.5 Å². The van der Waals surface area contributed by atoms with E-state index in [9.17, 15) is 4.79 Å². The second kappa shape index (κ2) is 8.38. The van der Waals surface area contributed by atoms with E-state index in [0.29, 0.717) is 23.9 Å². The Balaban J connectivity index is 1.98. The van der Waals surface area contributed by atoms with Gasteiger partial charge in [0, 0.05) is 24.5 Å². The van der Waals surface area contributed by atoms with Gasteiger partial charge in [0.05, 0.1) is 4.47 Å². The highest BCUT2D eigenvalue weighted by atomic mass is 79.9. The van der Waals surface area contributed by atoms with E-state index in [0.717, 1.165) is 17.3 Å². The number of nitrogens with one attached hydrogen (secondary N) is 2. The lowest BCUT2D eigenvalue weighted by Gasteiger charge is -2.09. The third-order valence-corrected chi connectivity index (χ3v) is 3.51. The molecule has 0 radical (unpaired) electrons. The summed E-state index contributed by atoms with van der Waals surface area (Å²) in [5, 5.41) is 5.55. The molecule has 0 aliphatic rings. The van der Waals surface area contributed by atoms with E-state index in [-0.39, 0.29) is 6.03 Å². The SMILES string of the molecule is CCCCNC(=O)Nc1ccnc(Oc2ccccc2Br)c1. The van der Waals surface area contributed by atoms with Crippen molar-refractivity contribution >= 4 is 27.6 Å². The minimum atomic E-state index is -0.230. The predicted molar refractivity (Wildman–Crippen MR) is 90.4 cm³/mol. The molecule has 0 aliphatic carbocycles. The van der Waals surface area contributed by atoms with Crippen molar-refractivity contribution in [2.24, 2.45) is 0 Å². The average Bonchev–Trinajstić information content (AvgIpc) is 2.50. The van der Waals surface area contributed by atoms with Gasteiger partial charge in [-0.3, -0.25) is 0 Å². The summed E-state index contributed by atoms with van der Waals surface area (Å²) >= 11 is 3.42. The number of unbranched alkanes of at least 4 members (excludes halogenated alkanes) is 1. The molecule has 0 atom stereocenters. The first-order valence-corrected chi connectivity index (χ1v) is 7.91. The summed E-state index contributed by atoms with van der Waals surface area (Å²) in [6.07, 6.45) is 3.59. The van der Waals surface area contributed by atoms with Crippen LogP contribution in [0, 0.1) is 0 Å². The van der Waals surface area contributed by atoms with Crippen molar-refractivity contribution in [2.45, 2.75) is 19.8 Å². The van der Waals surface area contributed by atoms with Crippen LogP contribution in [-0.4, -0.2) is 17.6 Å². The van der Waals surface area contributed by atoms with Crippen LogP contribution in [0.2, 0.25) is 0 Å². The van der Waals surface area contributed by atoms with Crippen molar-refractivity contribution in [2.75, 3.05) is 11.9 Å². The molecule has 22 heavy (non-hydrogen) atoms. The number of anilines is 1. The van der Waals surface area contributed by atoms with E-state index < -0.39 is 0 Å². The Kier molecular flexibility index (Phi) is 6.21. The number of carbonyl (C=O) groups is 1.